The molecule has 0 spiro atoms. The first kappa shape index (κ1) is 16.7. The summed E-state index contributed by atoms with van der Waals surface area (Å²) in [5, 5.41) is 0. The molecule has 0 unspecified atom stereocenters. The maximum Gasteiger partial charge on any atom is 0.337 e. The van der Waals surface area contributed by atoms with Crippen LogP contribution in [0.25, 0.3) is 0 Å². The summed E-state index contributed by atoms with van der Waals surface area (Å²) in [5.74, 6) is -0.338. The molecule has 3 heteroatoms. The average Bonchev–Trinajstić information content (AvgIpc) is 2.70. The Morgan fingerprint density at radius 3 is 1.84 bits per heavy atom. The van der Waals surface area contributed by atoms with Crippen molar-refractivity contribution >= 4 is 12.2 Å². The van der Waals surface area contributed by atoms with Crippen molar-refractivity contribution in [3.8, 4) is 0 Å². The highest BCUT2D eigenvalue weighted by Crippen LogP contribution is 2.25. The summed E-state index contributed by atoms with van der Waals surface area (Å²) in [6, 6.07) is 27.5. The van der Waals surface area contributed by atoms with Crippen molar-refractivity contribution in [2.45, 2.75) is 6.04 Å². The summed E-state index contributed by atoms with van der Waals surface area (Å²) >= 11 is 0. The number of rotatable bonds is 5. The van der Waals surface area contributed by atoms with Crippen molar-refractivity contribution in [2.75, 3.05) is 7.11 Å². The first-order chi connectivity index (χ1) is 12.3. The molecule has 0 saturated heterocycles. The molecule has 0 fully saturated rings. The zero-order chi connectivity index (χ0) is 17.5. The van der Waals surface area contributed by atoms with Crippen LogP contribution >= 0.6 is 0 Å². The third-order valence-electron chi connectivity index (χ3n) is 3.94. The van der Waals surface area contributed by atoms with E-state index in [0.29, 0.717) is 5.56 Å². The molecule has 3 rings (SSSR count). The van der Waals surface area contributed by atoms with E-state index < -0.39 is 0 Å². The van der Waals surface area contributed by atoms with Crippen LogP contribution in [0.3, 0.4) is 0 Å². The van der Waals surface area contributed by atoms with Gasteiger partial charge < -0.3 is 4.74 Å². The Morgan fingerprint density at radius 2 is 1.36 bits per heavy atom. The highest BCUT2D eigenvalue weighted by atomic mass is 16.5. The Labute approximate surface area is 147 Å². The van der Waals surface area contributed by atoms with E-state index >= 15 is 0 Å². The van der Waals surface area contributed by atoms with Crippen molar-refractivity contribution in [1.29, 1.82) is 0 Å². The molecular formula is C22H19NO2. The highest BCUT2D eigenvalue weighted by molar-refractivity contribution is 5.90. The van der Waals surface area contributed by atoms with Crippen LogP contribution in [0.1, 0.15) is 33.1 Å². The molecule has 0 radical (unpaired) electrons. The summed E-state index contributed by atoms with van der Waals surface area (Å²) in [6.45, 7) is 0. The van der Waals surface area contributed by atoms with Crippen LogP contribution < -0.4 is 0 Å². The molecule has 0 aliphatic rings. The third-order valence-corrected chi connectivity index (χ3v) is 3.94. The molecule has 0 heterocycles. The van der Waals surface area contributed by atoms with Gasteiger partial charge in [0.2, 0.25) is 0 Å². The van der Waals surface area contributed by atoms with E-state index in [0.717, 1.165) is 16.7 Å². The number of ether oxygens (including phenoxy) is 1. The van der Waals surface area contributed by atoms with Crippen LogP contribution in [0.2, 0.25) is 0 Å². The van der Waals surface area contributed by atoms with Crippen molar-refractivity contribution in [2.24, 2.45) is 4.99 Å². The van der Waals surface area contributed by atoms with Gasteiger partial charge in [-0.3, -0.25) is 4.99 Å². The van der Waals surface area contributed by atoms with Crippen LogP contribution in [0.15, 0.2) is 89.9 Å². The lowest BCUT2D eigenvalue weighted by molar-refractivity contribution is 0.0600. The molecule has 0 aliphatic heterocycles. The number of carbonyl (C=O) groups is 1. The van der Waals surface area contributed by atoms with Gasteiger partial charge in [-0.05, 0) is 28.8 Å². The Kier molecular flexibility index (Phi) is 5.37. The first-order valence-electron chi connectivity index (χ1n) is 8.09. The van der Waals surface area contributed by atoms with Gasteiger partial charge in [0.1, 0.15) is 0 Å². The van der Waals surface area contributed by atoms with Gasteiger partial charge in [0.15, 0.2) is 0 Å². The molecular weight excluding hydrogens is 310 g/mol. The van der Waals surface area contributed by atoms with Crippen LogP contribution in [-0.4, -0.2) is 19.3 Å². The number of aliphatic imine (C=N–C) groups is 1. The van der Waals surface area contributed by atoms with Crippen LogP contribution in [0, 0.1) is 0 Å². The smallest absolute Gasteiger partial charge is 0.337 e. The summed E-state index contributed by atoms with van der Waals surface area (Å²) in [5.41, 5.74) is 3.74. The molecule has 0 saturated carbocycles. The predicted molar refractivity (Wildman–Crippen MR) is 100 cm³/mol. The molecule has 3 aromatic carbocycles. The number of benzene rings is 3. The van der Waals surface area contributed by atoms with Gasteiger partial charge in [0.05, 0.1) is 18.7 Å². The van der Waals surface area contributed by atoms with Gasteiger partial charge in [-0.1, -0.05) is 72.8 Å². The fourth-order valence-electron chi connectivity index (χ4n) is 2.62. The van der Waals surface area contributed by atoms with Gasteiger partial charge in [-0.15, -0.1) is 0 Å². The van der Waals surface area contributed by atoms with Crippen LogP contribution in [-0.2, 0) is 4.74 Å². The lowest BCUT2D eigenvalue weighted by Crippen LogP contribution is -2.01. The second kappa shape index (κ2) is 8.06. The van der Waals surface area contributed by atoms with E-state index in [9.17, 15) is 4.79 Å². The zero-order valence-corrected chi connectivity index (χ0v) is 14.0. The zero-order valence-electron chi connectivity index (χ0n) is 14.0. The third kappa shape index (κ3) is 4.21. The maximum absolute atomic E-state index is 11.5. The van der Waals surface area contributed by atoms with Crippen molar-refractivity contribution in [3.63, 3.8) is 0 Å². The molecule has 0 N–H and O–H groups in total. The number of hydrogen-bond donors (Lipinski definition) is 0. The largest absolute Gasteiger partial charge is 0.465 e. The minimum absolute atomic E-state index is 0.0670. The summed E-state index contributed by atoms with van der Waals surface area (Å²) in [6.07, 6.45) is 1.84. The monoisotopic (exact) mass is 329 g/mol. The molecule has 3 aromatic rings. The average molecular weight is 329 g/mol. The standard InChI is InChI=1S/C22H19NO2/c1-25-22(24)20-14-12-17(13-15-20)16-23-21(18-8-4-2-5-9-18)19-10-6-3-7-11-19/h2-16,21H,1H3. The van der Waals surface area contributed by atoms with Crippen molar-refractivity contribution < 1.29 is 9.53 Å². The van der Waals surface area contributed by atoms with Gasteiger partial charge in [-0.2, -0.15) is 0 Å². The fraction of sp³-hybridized carbons (Fsp3) is 0.0909. The second-order valence-corrected chi connectivity index (χ2v) is 5.62. The lowest BCUT2D eigenvalue weighted by atomic mass is 9.99. The Morgan fingerprint density at radius 1 is 0.840 bits per heavy atom. The Bertz CT molecular complexity index is 801. The van der Waals surface area contributed by atoms with E-state index in [1.54, 1.807) is 12.1 Å². The van der Waals surface area contributed by atoms with E-state index in [-0.39, 0.29) is 12.0 Å². The fourth-order valence-corrected chi connectivity index (χ4v) is 2.62. The summed E-state index contributed by atoms with van der Waals surface area (Å²) < 4.78 is 4.72. The summed E-state index contributed by atoms with van der Waals surface area (Å²) in [7, 11) is 1.38. The first-order valence-corrected chi connectivity index (χ1v) is 8.09. The van der Waals surface area contributed by atoms with Gasteiger partial charge in [0.25, 0.3) is 0 Å². The van der Waals surface area contributed by atoms with Gasteiger partial charge in [-0.25, -0.2) is 4.79 Å². The topological polar surface area (TPSA) is 38.7 Å². The second-order valence-electron chi connectivity index (χ2n) is 5.62. The molecule has 0 aliphatic carbocycles. The minimum Gasteiger partial charge on any atom is -0.465 e. The van der Waals surface area contributed by atoms with E-state index in [2.05, 4.69) is 24.3 Å². The normalized spacial score (nSPS) is 11.0. The SMILES string of the molecule is COC(=O)c1ccc(C=NC(c2ccccc2)c2ccccc2)cc1. The molecule has 0 bridgehead atoms. The predicted octanol–water partition coefficient (Wildman–Crippen LogP) is 4.68. The van der Waals surface area contributed by atoms with Crippen LogP contribution in [0.5, 0.6) is 0 Å². The molecule has 25 heavy (non-hydrogen) atoms. The quantitative estimate of drug-likeness (QED) is 0.503. The van der Waals surface area contributed by atoms with Gasteiger partial charge >= 0.3 is 5.97 Å². The number of hydrogen-bond acceptors (Lipinski definition) is 3. The number of nitrogens with zero attached hydrogens (tertiary/aromatic N) is 1. The molecule has 0 aromatic heterocycles. The van der Waals surface area contributed by atoms with E-state index in [1.807, 2.05) is 54.7 Å². The highest BCUT2D eigenvalue weighted by Gasteiger charge is 2.11. The maximum atomic E-state index is 11.5. The summed E-state index contributed by atoms with van der Waals surface area (Å²) in [4.78, 5) is 16.3. The molecule has 3 nitrogen and oxygen atoms in total. The lowest BCUT2D eigenvalue weighted by Gasteiger charge is -2.13. The Balaban J connectivity index is 1.88. The minimum atomic E-state index is -0.338. The molecule has 0 amide bonds. The van der Waals surface area contributed by atoms with E-state index in [4.69, 9.17) is 9.73 Å². The number of carbonyl (C=O) groups excluding carboxylic acids is 1. The molecule has 0 atom stereocenters. The Hall–Kier alpha value is -3.20. The van der Waals surface area contributed by atoms with Crippen molar-refractivity contribution in [3.05, 3.63) is 107 Å². The number of methoxy groups -OCH3 is 1. The molecule has 124 valence electrons. The van der Waals surface area contributed by atoms with Gasteiger partial charge in [0, 0.05) is 6.21 Å². The van der Waals surface area contributed by atoms with E-state index in [1.165, 1.54) is 7.11 Å². The number of esters is 1. The van der Waals surface area contributed by atoms with Crippen LogP contribution in [0.4, 0.5) is 0 Å². The van der Waals surface area contributed by atoms with Crippen molar-refractivity contribution in [1.82, 2.24) is 0 Å².